The molecule has 1 aliphatic rings. The lowest BCUT2D eigenvalue weighted by molar-refractivity contribution is -0.127. The minimum Gasteiger partial charge on any atom is -0.403 e. The van der Waals surface area contributed by atoms with Gasteiger partial charge in [0.05, 0.1) is 6.61 Å². The third-order valence-corrected chi connectivity index (χ3v) is 9.43. The Labute approximate surface area is 146 Å². The molecule has 3 atom stereocenters. The van der Waals surface area contributed by atoms with Crippen LogP contribution >= 0.6 is 0 Å². The zero-order chi connectivity index (χ0) is 19.2. The molecule has 0 bridgehead atoms. The molecule has 1 aromatic heterocycles. The number of carbonyl (C=O) groups is 1. The molecule has 0 radical (unpaired) electrons. The van der Waals surface area contributed by atoms with E-state index in [0.29, 0.717) is 5.56 Å². The van der Waals surface area contributed by atoms with Crippen molar-refractivity contribution in [2.75, 3.05) is 6.61 Å². The van der Waals surface area contributed by atoms with Gasteiger partial charge in [-0.25, -0.2) is 4.79 Å². The van der Waals surface area contributed by atoms with Gasteiger partial charge in [-0.3, -0.25) is 19.1 Å². The Morgan fingerprint density at radius 3 is 2.44 bits per heavy atom. The van der Waals surface area contributed by atoms with Gasteiger partial charge >= 0.3 is 5.69 Å². The number of aliphatic hydroxyl groups is 1. The van der Waals surface area contributed by atoms with E-state index in [1.54, 1.807) is 6.92 Å². The molecule has 1 fully saturated rings. The Hall–Kier alpha value is -1.55. The van der Waals surface area contributed by atoms with Gasteiger partial charge in [-0.15, -0.1) is 0 Å². The molecule has 9 heteroatoms. The van der Waals surface area contributed by atoms with Crippen LogP contribution in [-0.4, -0.2) is 47.6 Å². The molecule has 8 nitrogen and oxygen atoms in total. The number of aryl methyl sites for hydroxylation is 1. The average Bonchev–Trinajstić information content (AvgIpc) is 2.78. The number of H-pyrrole nitrogens is 1. The van der Waals surface area contributed by atoms with Gasteiger partial charge < -0.3 is 14.3 Å². The number of nitrogens with zero attached hydrogens (tertiary/aromatic N) is 1. The van der Waals surface area contributed by atoms with Crippen molar-refractivity contribution in [1.82, 2.24) is 9.55 Å². The van der Waals surface area contributed by atoms with E-state index in [0.717, 1.165) is 4.57 Å². The van der Waals surface area contributed by atoms with Crippen LogP contribution in [0.2, 0.25) is 18.1 Å². The minimum atomic E-state index is -2.34. The summed E-state index contributed by atoms with van der Waals surface area (Å²) in [7, 11) is -2.34. The van der Waals surface area contributed by atoms with Gasteiger partial charge in [0, 0.05) is 11.8 Å². The number of ether oxygens (including phenoxy) is 1. The molecule has 25 heavy (non-hydrogen) atoms. The fraction of sp³-hybridized carbons (Fsp3) is 0.688. The van der Waals surface area contributed by atoms with Gasteiger partial charge in [-0.2, -0.15) is 0 Å². The first-order valence-electron chi connectivity index (χ1n) is 8.19. The van der Waals surface area contributed by atoms with E-state index in [1.165, 1.54) is 6.20 Å². The predicted molar refractivity (Wildman–Crippen MR) is 94.1 cm³/mol. The van der Waals surface area contributed by atoms with Gasteiger partial charge in [-0.1, -0.05) is 20.8 Å². The van der Waals surface area contributed by atoms with Crippen LogP contribution in [0.15, 0.2) is 15.8 Å². The summed E-state index contributed by atoms with van der Waals surface area (Å²) in [6.45, 7) is 11.1. The van der Waals surface area contributed by atoms with Crippen LogP contribution < -0.4 is 11.2 Å². The van der Waals surface area contributed by atoms with Crippen LogP contribution in [0, 0.1) is 6.92 Å². The van der Waals surface area contributed by atoms with Crippen molar-refractivity contribution < 1.29 is 19.1 Å². The Morgan fingerprint density at radius 1 is 1.32 bits per heavy atom. The highest BCUT2D eigenvalue weighted by Gasteiger charge is 2.50. The van der Waals surface area contributed by atoms with E-state index >= 15 is 0 Å². The van der Waals surface area contributed by atoms with Crippen LogP contribution in [0.4, 0.5) is 0 Å². The van der Waals surface area contributed by atoms with E-state index in [-0.39, 0.29) is 5.04 Å². The lowest BCUT2D eigenvalue weighted by atomic mass is 10.2. The van der Waals surface area contributed by atoms with E-state index in [9.17, 15) is 19.5 Å². The van der Waals surface area contributed by atoms with Crippen LogP contribution in [0.25, 0.3) is 0 Å². The number of carbonyl (C=O) groups excluding carboxylic acids is 1. The molecule has 140 valence electrons. The fourth-order valence-electron chi connectivity index (χ4n) is 2.36. The molecule has 0 spiro atoms. The summed E-state index contributed by atoms with van der Waals surface area (Å²) < 4.78 is 13.0. The Bertz CT molecular complexity index is 776. The molecule has 2 N–H and O–H groups in total. The highest BCUT2D eigenvalue weighted by molar-refractivity contribution is 6.74. The number of aliphatic hydroxyl groups excluding tert-OH is 1. The van der Waals surface area contributed by atoms with Gasteiger partial charge in [0.1, 0.15) is 6.10 Å². The average molecular weight is 370 g/mol. The fourth-order valence-corrected chi connectivity index (χ4v) is 3.58. The van der Waals surface area contributed by atoms with Crippen molar-refractivity contribution in [3.8, 4) is 0 Å². The highest BCUT2D eigenvalue weighted by atomic mass is 28.4. The Balaban J connectivity index is 2.48. The second-order valence-corrected chi connectivity index (χ2v) is 12.6. The third-order valence-electron chi connectivity index (χ3n) is 4.97. The highest BCUT2D eigenvalue weighted by Crippen LogP contribution is 2.40. The summed E-state index contributed by atoms with van der Waals surface area (Å²) in [5.74, 6) is -0.395. The second kappa shape index (κ2) is 6.64. The number of ketones is 1. The van der Waals surface area contributed by atoms with Crippen LogP contribution in [0.5, 0.6) is 0 Å². The number of hydrogen-bond acceptors (Lipinski definition) is 6. The molecule has 0 aromatic carbocycles. The monoisotopic (exact) mass is 370 g/mol. The first-order valence-corrected chi connectivity index (χ1v) is 11.1. The van der Waals surface area contributed by atoms with Gasteiger partial charge in [-0.05, 0) is 25.1 Å². The molecule has 0 aliphatic carbocycles. The molecule has 0 saturated carbocycles. The number of hydrogen-bond donors (Lipinski definition) is 2. The lowest BCUT2D eigenvalue weighted by Gasteiger charge is -2.38. The number of rotatable bonds is 4. The van der Waals surface area contributed by atoms with E-state index < -0.39 is 50.4 Å². The summed E-state index contributed by atoms with van der Waals surface area (Å²) in [6.07, 6.45) is -1.75. The molecular weight excluding hydrogens is 344 g/mol. The van der Waals surface area contributed by atoms with Crippen molar-refractivity contribution in [3.05, 3.63) is 32.6 Å². The number of nitrogens with one attached hydrogen (secondary N) is 1. The molecule has 1 aromatic rings. The summed E-state index contributed by atoms with van der Waals surface area (Å²) in [6, 6.07) is 0. The quantitative estimate of drug-likeness (QED) is 0.755. The smallest absolute Gasteiger partial charge is 0.330 e. The predicted octanol–water partition coefficient (Wildman–Crippen LogP) is 0.694. The minimum absolute atomic E-state index is 0.152. The standard InChI is InChI=1S/C16H26N2O6Si/c1-9-7-18(15(22)17-13(9)21)14-12(11(20)10(8-19)23-14)24-25(5,6)16(2,3)4/h7,10,12,14,19H,8H2,1-6H3,(H,17,21,22)/t10-,12+,14-/m1/s1. The normalized spacial score (nSPS) is 24.8. The molecule has 0 unspecified atom stereocenters. The molecule has 0 amide bonds. The van der Waals surface area contributed by atoms with Crippen LogP contribution in [0.3, 0.4) is 0 Å². The van der Waals surface area contributed by atoms with Crippen LogP contribution in [0.1, 0.15) is 32.6 Å². The van der Waals surface area contributed by atoms with E-state index in [4.69, 9.17) is 9.16 Å². The molecular formula is C16H26N2O6Si. The maximum atomic E-state index is 12.6. The number of Topliss-reactive ketones (excluding diaryl/α,β-unsaturated/α-hetero) is 1. The lowest BCUT2D eigenvalue weighted by Crippen LogP contribution is -2.48. The van der Waals surface area contributed by atoms with Crippen molar-refractivity contribution >= 4 is 14.1 Å². The van der Waals surface area contributed by atoms with E-state index in [2.05, 4.69) is 4.98 Å². The molecule has 2 heterocycles. The topological polar surface area (TPSA) is 111 Å². The van der Waals surface area contributed by atoms with Crippen molar-refractivity contribution in [2.24, 2.45) is 0 Å². The molecule has 1 saturated heterocycles. The van der Waals surface area contributed by atoms with E-state index in [1.807, 2.05) is 33.9 Å². The summed E-state index contributed by atoms with van der Waals surface area (Å²) in [5.41, 5.74) is -0.865. The maximum absolute atomic E-state index is 12.6. The molecule has 1 aliphatic heterocycles. The Kier molecular flexibility index (Phi) is 5.25. The number of aromatic amines is 1. The summed E-state index contributed by atoms with van der Waals surface area (Å²) >= 11 is 0. The summed E-state index contributed by atoms with van der Waals surface area (Å²) in [4.78, 5) is 38.6. The first kappa shape index (κ1) is 19.8. The largest absolute Gasteiger partial charge is 0.403 e. The second-order valence-electron chi connectivity index (χ2n) is 7.88. The van der Waals surface area contributed by atoms with Gasteiger partial charge in [0.2, 0.25) is 0 Å². The van der Waals surface area contributed by atoms with Crippen molar-refractivity contribution in [2.45, 2.75) is 64.3 Å². The van der Waals surface area contributed by atoms with Gasteiger partial charge in [0.15, 0.2) is 26.4 Å². The SMILES string of the molecule is Cc1cn([C@@H]2O[C@H](CO)C(=O)[C@@H]2O[Si](C)(C)C(C)(C)C)c(=O)[nH]c1=O. The molecule has 2 rings (SSSR count). The zero-order valence-electron chi connectivity index (χ0n) is 15.5. The number of aromatic nitrogens is 2. The van der Waals surface area contributed by atoms with Crippen molar-refractivity contribution in [3.63, 3.8) is 0 Å². The summed E-state index contributed by atoms with van der Waals surface area (Å²) in [5, 5.41) is 9.26. The first-order chi connectivity index (χ1) is 11.4. The third kappa shape index (κ3) is 3.69. The maximum Gasteiger partial charge on any atom is 0.330 e. The van der Waals surface area contributed by atoms with Gasteiger partial charge in [0.25, 0.3) is 5.56 Å². The zero-order valence-corrected chi connectivity index (χ0v) is 16.5. The van der Waals surface area contributed by atoms with Crippen molar-refractivity contribution in [1.29, 1.82) is 0 Å². The van der Waals surface area contributed by atoms with Crippen LogP contribution in [-0.2, 0) is 14.0 Å². The Morgan fingerprint density at radius 2 is 1.92 bits per heavy atom.